The minimum absolute atomic E-state index is 0.151. The van der Waals surface area contributed by atoms with Gasteiger partial charge in [0.1, 0.15) is 6.10 Å². The molecule has 0 saturated heterocycles. The third-order valence-corrected chi connectivity index (χ3v) is 4.12. The first-order valence-electron chi connectivity index (χ1n) is 7.33. The molecule has 3 atom stereocenters. The van der Waals surface area contributed by atoms with Gasteiger partial charge in [0, 0.05) is 6.04 Å². The maximum absolute atomic E-state index is 14.0. The number of rotatable bonds is 4. The van der Waals surface area contributed by atoms with Gasteiger partial charge in [-0.3, -0.25) is 0 Å². The van der Waals surface area contributed by atoms with E-state index in [1.54, 1.807) is 6.07 Å². The summed E-state index contributed by atoms with van der Waals surface area (Å²) in [6, 6.07) is 4.91. The van der Waals surface area contributed by atoms with E-state index in [4.69, 9.17) is 10.5 Å². The van der Waals surface area contributed by atoms with E-state index in [-0.39, 0.29) is 18.0 Å². The summed E-state index contributed by atoms with van der Waals surface area (Å²) >= 11 is 0. The lowest BCUT2D eigenvalue weighted by molar-refractivity contribution is 0.0862. The van der Waals surface area contributed by atoms with Crippen LogP contribution in [-0.4, -0.2) is 6.10 Å². The normalized spacial score (nSPS) is 25.1. The van der Waals surface area contributed by atoms with E-state index in [1.165, 1.54) is 25.3 Å². The van der Waals surface area contributed by atoms with Gasteiger partial charge in [0.05, 0.1) is 0 Å². The molecule has 0 radical (unpaired) electrons. The average molecular weight is 265 g/mol. The van der Waals surface area contributed by atoms with Crippen molar-refractivity contribution in [2.45, 2.75) is 58.1 Å². The van der Waals surface area contributed by atoms with Gasteiger partial charge in [-0.25, -0.2) is 4.39 Å². The number of hydrogen-bond donors (Lipinski definition) is 1. The fourth-order valence-corrected chi connectivity index (χ4v) is 2.85. The fourth-order valence-electron chi connectivity index (χ4n) is 2.85. The largest absolute Gasteiger partial charge is 0.487 e. The first-order chi connectivity index (χ1) is 9.11. The maximum atomic E-state index is 14.0. The molecular formula is C16H24FNO. The number of nitrogens with two attached hydrogens (primary N) is 1. The SMILES string of the molecule is CCC1CCCCC1Oc1ccc(C(C)N)cc1F. The molecule has 1 saturated carbocycles. The van der Waals surface area contributed by atoms with E-state index in [1.807, 2.05) is 13.0 Å². The van der Waals surface area contributed by atoms with Crippen molar-refractivity contribution in [1.82, 2.24) is 0 Å². The van der Waals surface area contributed by atoms with Crippen molar-refractivity contribution >= 4 is 0 Å². The molecule has 0 bridgehead atoms. The van der Waals surface area contributed by atoms with E-state index in [0.717, 1.165) is 18.4 Å². The van der Waals surface area contributed by atoms with Crippen LogP contribution in [-0.2, 0) is 0 Å². The van der Waals surface area contributed by atoms with Crippen LogP contribution in [0.5, 0.6) is 5.75 Å². The number of benzene rings is 1. The summed E-state index contributed by atoms with van der Waals surface area (Å²) in [5.74, 6) is 0.631. The number of ether oxygens (including phenoxy) is 1. The lowest BCUT2D eigenvalue weighted by Crippen LogP contribution is -2.30. The van der Waals surface area contributed by atoms with Gasteiger partial charge in [0.25, 0.3) is 0 Å². The van der Waals surface area contributed by atoms with Crippen molar-refractivity contribution < 1.29 is 9.13 Å². The van der Waals surface area contributed by atoms with Crippen LogP contribution in [0, 0.1) is 11.7 Å². The van der Waals surface area contributed by atoms with Crippen LogP contribution in [0.15, 0.2) is 18.2 Å². The van der Waals surface area contributed by atoms with Gasteiger partial charge >= 0.3 is 0 Å². The Kier molecular flexibility index (Phi) is 4.81. The molecule has 0 aliphatic heterocycles. The van der Waals surface area contributed by atoms with E-state index >= 15 is 0 Å². The Morgan fingerprint density at radius 1 is 1.37 bits per heavy atom. The molecule has 1 aromatic carbocycles. The molecule has 19 heavy (non-hydrogen) atoms. The molecule has 0 amide bonds. The minimum Gasteiger partial charge on any atom is -0.487 e. The highest BCUT2D eigenvalue weighted by atomic mass is 19.1. The summed E-state index contributed by atoms with van der Waals surface area (Å²) in [5, 5.41) is 0. The van der Waals surface area contributed by atoms with Crippen LogP contribution < -0.4 is 10.5 Å². The summed E-state index contributed by atoms with van der Waals surface area (Å²) in [7, 11) is 0. The molecule has 1 fully saturated rings. The molecule has 1 aliphatic rings. The highest BCUT2D eigenvalue weighted by Gasteiger charge is 2.26. The standard InChI is InChI=1S/C16H24FNO/c1-3-12-6-4-5-7-15(12)19-16-9-8-13(11(2)18)10-14(16)17/h8-12,15H,3-7,18H2,1-2H3. The molecule has 2 rings (SSSR count). The molecule has 3 unspecified atom stereocenters. The summed E-state index contributed by atoms with van der Waals surface area (Å²) in [5.41, 5.74) is 6.56. The van der Waals surface area contributed by atoms with Gasteiger partial charge in [0.15, 0.2) is 11.6 Å². The molecule has 1 aliphatic carbocycles. The predicted octanol–water partition coefficient (Wildman–Crippen LogP) is 4.19. The topological polar surface area (TPSA) is 35.2 Å². The third kappa shape index (κ3) is 3.47. The van der Waals surface area contributed by atoms with Crippen molar-refractivity contribution in [3.8, 4) is 5.75 Å². The van der Waals surface area contributed by atoms with Crippen LogP contribution in [0.2, 0.25) is 0 Å². The maximum Gasteiger partial charge on any atom is 0.165 e. The Hall–Kier alpha value is -1.09. The van der Waals surface area contributed by atoms with Crippen LogP contribution in [0.3, 0.4) is 0 Å². The number of hydrogen-bond acceptors (Lipinski definition) is 2. The van der Waals surface area contributed by atoms with Gasteiger partial charge in [0.2, 0.25) is 0 Å². The van der Waals surface area contributed by atoms with Crippen molar-refractivity contribution in [3.63, 3.8) is 0 Å². The molecule has 106 valence electrons. The van der Waals surface area contributed by atoms with Crippen molar-refractivity contribution in [3.05, 3.63) is 29.6 Å². The van der Waals surface area contributed by atoms with E-state index in [9.17, 15) is 4.39 Å². The zero-order chi connectivity index (χ0) is 13.8. The zero-order valence-corrected chi connectivity index (χ0v) is 11.9. The van der Waals surface area contributed by atoms with Crippen molar-refractivity contribution in [2.75, 3.05) is 0 Å². The van der Waals surface area contributed by atoms with E-state index in [2.05, 4.69) is 6.92 Å². The average Bonchev–Trinajstić information content (AvgIpc) is 2.41. The number of halogens is 1. The Balaban J connectivity index is 2.09. The van der Waals surface area contributed by atoms with Crippen molar-refractivity contribution in [1.29, 1.82) is 0 Å². The Morgan fingerprint density at radius 3 is 2.74 bits per heavy atom. The Morgan fingerprint density at radius 2 is 2.11 bits per heavy atom. The first kappa shape index (κ1) is 14.3. The molecule has 0 spiro atoms. The van der Waals surface area contributed by atoms with Gasteiger partial charge in [-0.1, -0.05) is 19.4 Å². The van der Waals surface area contributed by atoms with Crippen LogP contribution in [0.1, 0.15) is 57.6 Å². The first-order valence-corrected chi connectivity index (χ1v) is 7.33. The highest BCUT2D eigenvalue weighted by molar-refractivity contribution is 5.31. The highest BCUT2D eigenvalue weighted by Crippen LogP contribution is 2.31. The zero-order valence-electron chi connectivity index (χ0n) is 11.9. The van der Waals surface area contributed by atoms with Gasteiger partial charge in [-0.15, -0.1) is 0 Å². The fraction of sp³-hybridized carbons (Fsp3) is 0.625. The van der Waals surface area contributed by atoms with Gasteiger partial charge in [-0.05, 0) is 56.2 Å². The quantitative estimate of drug-likeness (QED) is 0.885. The second-order valence-corrected chi connectivity index (χ2v) is 5.59. The molecular weight excluding hydrogens is 241 g/mol. The van der Waals surface area contributed by atoms with Gasteiger partial charge in [-0.2, -0.15) is 0 Å². The second-order valence-electron chi connectivity index (χ2n) is 5.59. The summed E-state index contributed by atoms with van der Waals surface area (Å²) in [6.07, 6.45) is 5.94. The van der Waals surface area contributed by atoms with E-state index in [0.29, 0.717) is 11.7 Å². The summed E-state index contributed by atoms with van der Waals surface area (Å²) in [4.78, 5) is 0. The monoisotopic (exact) mass is 265 g/mol. The van der Waals surface area contributed by atoms with Crippen LogP contribution in [0.25, 0.3) is 0 Å². The lowest BCUT2D eigenvalue weighted by Gasteiger charge is -2.31. The molecule has 2 nitrogen and oxygen atoms in total. The van der Waals surface area contributed by atoms with E-state index < -0.39 is 0 Å². The molecule has 2 N–H and O–H groups in total. The molecule has 3 heteroatoms. The lowest BCUT2D eigenvalue weighted by atomic mass is 9.85. The minimum atomic E-state index is -0.296. The summed E-state index contributed by atoms with van der Waals surface area (Å²) < 4.78 is 19.9. The third-order valence-electron chi connectivity index (χ3n) is 4.12. The smallest absolute Gasteiger partial charge is 0.165 e. The van der Waals surface area contributed by atoms with Crippen LogP contribution >= 0.6 is 0 Å². The Bertz CT molecular complexity index is 419. The van der Waals surface area contributed by atoms with Crippen molar-refractivity contribution in [2.24, 2.45) is 11.7 Å². The molecule has 0 aromatic heterocycles. The Labute approximate surface area is 115 Å². The molecule has 0 heterocycles. The predicted molar refractivity (Wildman–Crippen MR) is 75.7 cm³/mol. The van der Waals surface area contributed by atoms with Crippen LogP contribution in [0.4, 0.5) is 4.39 Å². The summed E-state index contributed by atoms with van der Waals surface area (Å²) in [6.45, 7) is 4.03. The molecule has 1 aromatic rings. The van der Waals surface area contributed by atoms with Gasteiger partial charge < -0.3 is 10.5 Å². The second kappa shape index (κ2) is 6.38.